The van der Waals surface area contributed by atoms with Gasteiger partial charge in [-0.05, 0) is 30.7 Å². The molecule has 1 aromatic heterocycles. The molecule has 2 amide bonds. The molecule has 0 radical (unpaired) electrons. The molecule has 6 nitrogen and oxygen atoms in total. The molecule has 0 aliphatic carbocycles. The molecule has 1 aliphatic heterocycles. The summed E-state index contributed by atoms with van der Waals surface area (Å²) >= 11 is 1.45. The maximum atomic E-state index is 12.4. The van der Waals surface area contributed by atoms with Crippen LogP contribution in [-0.4, -0.2) is 38.6 Å². The van der Waals surface area contributed by atoms with E-state index in [-0.39, 0.29) is 17.4 Å². The number of carbonyl (C=O) groups excluding carboxylic acids is 2. The van der Waals surface area contributed by atoms with Crippen LogP contribution in [-0.2, 0) is 7.05 Å². The van der Waals surface area contributed by atoms with E-state index in [2.05, 4.69) is 4.98 Å². The van der Waals surface area contributed by atoms with E-state index in [0.717, 1.165) is 0 Å². The topological polar surface area (TPSA) is 72.3 Å². The van der Waals surface area contributed by atoms with Gasteiger partial charge in [-0.3, -0.25) is 23.9 Å². The minimum absolute atomic E-state index is 0.0801. The molecule has 1 aliphatic rings. The molecule has 4 rings (SSSR count). The Morgan fingerprint density at radius 1 is 0.926 bits per heavy atom. The van der Waals surface area contributed by atoms with Crippen LogP contribution < -0.4 is 5.56 Å². The Labute approximate surface area is 159 Å². The van der Waals surface area contributed by atoms with Crippen molar-refractivity contribution in [3.63, 3.8) is 0 Å². The Morgan fingerprint density at radius 2 is 1.56 bits per heavy atom. The number of amides is 2. The summed E-state index contributed by atoms with van der Waals surface area (Å²) in [5, 5.41) is 1.22. The van der Waals surface area contributed by atoms with Crippen molar-refractivity contribution in [3.05, 3.63) is 70.0 Å². The standard InChI is InChI=1S/C20H17N3O3S/c1-22-17(24)15-9-4-5-10-16(15)21-20(22)27-12-6-11-23-18(25)13-7-2-3-8-14(13)19(23)26/h2-5,7-10H,6,11-12H2,1H3. The van der Waals surface area contributed by atoms with Gasteiger partial charge in [0.1, 0.15) is 0 Å². The molecule has 2 aromatic carbocycles. The van der Waals surface area contributed by atoms with E-state index < -0.39 is 0 Å². The van der Waals surface area contributed by atoms with Gasteiger partial charge in [-0.25, -0.2) is 4.98 Å². The van der Waals surface area contributed by atoms with Crippen LogP contribution in [0.1, 0.15) is 27.1 Å². The van der Waals surface area contributed by atoms with E-state index in [1.54, 1.807) is 37.4 Å². The van der Waals surface area contributed by atoms with E-state index in [1.165, 1.54) is 21.2 Å². The van der Waals surface area contributed by atoms with Crippen LogP contribution in [0.15, 0.2) is 58.5 Å². The molecule has 3 aromatic rings. The molecule has 0 N–H and O–H groups in total. The van der Waals surface area contributed by atoms with Crippen molar-refractivity contribution in [2.45, 2.75) is 11.6 Å². The summed E-state index contributed by atoms with van der Waals surface area (Å²) in [5.41, 5.74) is 1.52. The summed E-state index contributed by atoms with van der Waals surface area (Å²) in [5.74, 6) is 0.167. The molecule has 0 saturated heterocycles. The molecule has 136 valence electrons. The summed E-state index contributed by atoms with van der Waals surface area (Å²) in [6.07, 6.45) is 0.624. The van der Waals surface area contributed by atoms with E-state index in [4.69, 9.17) is 0 Å². The van der Waals surface area contributed by atoms with Crippen molar-refractivity contribution < 1.29 is 9.59 Å². The van der Waals surface area contributed by atoms with E-state index in [0.29, 0.717) is 45.9 Å². The number of fused-ring (bicyclic) bond motifs is 2. The summed E-state index contributed by atoms with van der Waals surface area (Å²) in [6, 6.07) is 14.1. The van der Waals surface area contributed by atoms with Crippen molar-refractivity contribution in [2.75, 3.05) is 12.3 Å². The van der Waals surface area contributed by atoms with Gasteiger partial charge in [0.2, 0.25) is 0 Å². The molecule has 0 spiro atoms. The summed E-state index contributed by atoms with van der Waals surface area (Å²) in [4.78, 5) is 43.0. The first-order valence-corrected chi connectivity index (χ1v) is 9.60. The molecule has 2 heterocycles. The number of benzene rings is 2. The van der Waals surface area contributed by atoms with Crippen molar-refractivity contribution in [2.24, 2.45) is 7.05 Å². The second-order valence-electron chi connectivity index (χ2n) is 6.29. The normalized spacial score (nSPS) is 13.4. The number of para-hydroxylation sites is 1. The second-order valence-corrected chi connectivity index (χ2v) is 7.35. The quantitative estimate of drug-likeness (QED) is 0.295. The first-order chi connectivity index (χ1) is 13.1. The van der Waals surface area contributed by atoms with Gasteiger partial charge >= 0.3 is 0 Å². The van der Waals surface area contributed by atoms with Crippen LogP contribution in [0, 0.1) is 0 Å². The third-order valence-corrected chi connectivity index (χ3v) is 5.69. The van der Waals surface area contributed by atoms with Crippen molar-refractivity contribution in [1.29, 1.82) is 0 Å². The Morgan fingerprint density at radius 3 is 2.26 bits per heavy atom. The van der Waals surface area contributed by atoms with E-state index >= 15 is 0 Å². The van der Waals surface area contributed by atoms with Gasteiger partial charge in [-0.15, -0.1) is 0 Å². The van der Waals surface area contributed by atoms with Crippen LogP contribution >= 0.6 is 11.8 Å². The lowest BCUT2D eigenvalue weighted by atomic mass is 10.1. The monoisotopic (exact) mass is 379 g/mol. The highest BCUT2D eigenvalue weighted by Gasteiger charge is 2.34. The molecule has 0 bridgehead atoms. The Bertz CT molecular complexity index is 1090. The lowest BCUT2D eigenvalue weighted by Crippen LogP contribution is -2.31. The summed E-state index contributed by atoms with van der Waals surface area (Å²) in [7, 11) is 1.70. The van der Waals surface area contributed by atoms with Crippen LogP contribution in [0.5, 0.6) is 0 Å². The number of aromatic nitrogens is 2. The minimum Gasteiger partial charge on any atom is -0.290 e. The zero-order valence-electron chi connectivity index (χ0n) is 14.7. The first-order valence-electron chi connectivity index (χ1n) is 8.61. The first kappa shape index (κ1) is 17.5. The van der Waals surface area contributed by atoms with Gasteiger partial charge in [0, 0.05) is 19.3 Å². The van der Waals surface area contributed by atoms with Gasteiger partial charge in [-0.1, -0.05) is 36.0 Å². The fourth-order valence-electron chi connectivity index (χ4n) is 3.16. The number of hydrogen-bond acceptors (Lipinski definition) is 5. The number of thioether (sulfide) groups is 1. The molecule has 7 heteroatoms. The van der Waals surface area contributed by atoms with E-state index in [1.807, 2.05) is 18.2 Å². The fourth-order valence-corrected chi connectivity index (χ4v) is 4.05. The molecule has 0 atom stereocenters. The molecular weight excluding hydrogens is 362 g/mol. The molecular formula is C20H17N3O3S. The third-order valence-electron chi connectivity index (χ3n) is 4.58. The highest BCUT2D eigenvalue weighted by Crippen LogP contribution is 2.23. The second kappa shape index (κ2) is 7.00. The zero-order valence-corrected chi connectivity index (χ0v) is 15.5. The SMILES string of the molecule is Cn1c(SCCCN2C(=O)c3ccccc3C2=O)nc2ccccc2c1=O. The Hall–Kier alpha value is -2.93. The number of carbonyl (C=O) groups is 2. The van der Waals surface area contributed by atoms with Gasteiger partial charge in [-0.2, -0.15) is 0 Å². The molecule has 27 heavy (non-hydrogen) atoms. The fraction of sp³-hybridized carbons (Fsp3) is 0.200. The molecule has 0 unspecified atom stereocenters. The van der Waals surface area contributed by atoms with Crippen molar-refractivity contribution in [1.82, 2.24) is 14.5 Å². The van der Waals surface area contributed by atoms with Gasteiger partial charge in [0.25, 0.3) is 17.4 Å². The number of nitrogens with zero attached hydrogens (tertiary/aromatic N) is 3. The third kappa shape index (κ3) is 3.04. The molecule has 0 fully saturated rings. The van der Waals surface area contributed by atoms with Crippen molar-refractivity contribution >= 4 is 34.5 Å². The number of imide groups is 1. The van der Waals surface area contributed by atoms with Crippen LogP contribution in [0.3, 0.4) is 0 Å². The number of hydrogen-bond donors (Lipinski definition) is 0. The largest absolute Gasteiger partial charge is 0.290 e. The maximum absolute atomic E-state index is 12.4. The van der Waals surface area contributed by atoms with Gasteiger partial charge < -0.3 is 0 Å². The zero-order chi connectivity index (χ0) is 19.0. The highest BCUT2D eigenvalue weighted by molar-refractivity contribution is 7.99. The Balaban J connectivity index is 1.42. The predicted molar refractivity (Wildman–Crippen MR) is 104 cm³/mol. The lowest BCUT2D eigenvalue weighted by molar-refractivity contribution is 0.0655. The van der Waals surface area contributed by atoms with Crippen LogP contribution in [0.25, 0.3) is 10.9 Å². The van der Waals surface area contributed by atoms with Crippen molar-refractivity contribution in [3.8, 4) is 0 Å². The summed E-state index contributed by atoms with van der Waals surface area (Å²) < 4.78 is 1.54. The average molecular weight is 379 g/mol. The minimum atomic E-state index is -0.239. The molecule has 0 saturated carbocycles. The number of rotatable bonds is 5. The maximum Gasteiger partial charge on any atom is 0.261 e. The predicted octanol–water partition coefficient (Wildman–Crippen LogP) is 2.71. The highest BCUT2D eigenvalue weighted by atomic mass is 32.2. The smallest absolute Gasteiger partial charge is 0.261 e. The lowest BCUT2D eigenvalue weighted by Gasteiger charge is -2.13. The van der Waals surface area contributed by atoms with Gasteiger partial charge in [0.15, 0.2) is 5.16 Å². The van der Waals surface area contributed by atoms with Crippen LogP contribution in [0.2, 0.25) is 0 Å². The Kier molecular flexibility index (Phi) is 4.53. The summed E-state index contributed by atoms with van der Waals surface area (Å²) in [6.45, 7) is 0.348. The van der Waals surface area contributed by atoms with Gasteiger partial charge in [0.05, 0.1) is 22.0 Å². The van der Waals surface area contributed by atoms with Crippen LogP contribution in [0.4, 0.5) is 0 Å². The van der Waals surface area contributed by atoms with E-state index in [9.17, 15) is 14.4 Å². The average Bonchev–Trinajstić information content (AvgIpc) is 2.93.